The Morgan fingerprint density at radius 3 is 2.71 bits per heavy atom. The second-order valence-corrected chi connectivity index (χ2v) is 5.54. The van der Waals surface area contributed by atoms with Gasteiger partial charge in [-0.3, -0.25) is 4.79 Å². The maximum absolute atomic E-state index is 12.1. The summed E-state index contributed by atoms with van der Waals surface area (Å²) < 4.78 is 0.976. The standard InChI is InChI=1S/C15H17BrN4O/c1-3-6-17-14-9-18-13(8-19-14)15(21)20-12-5-4-11(16)7-10(12)2/h4-5,7-9H,3,6H2,1-2H3,(H,17,19)(H,20,21). The minimum atomic E-state index is -0.269. The first-order valence-corrected chi connectivity index (χ1v) is 7.53. The summed E-state index contributed by atoms with van der Waals surface area (Å²) in [6.45, 7) is 4.84. The largest absolute Gasteiger partial charge is 0.369 e. The monoisotopic (exact) mass is 348 g/mol. The Labute approximate surface area is 132 Å². The molecule has 0 saturated carbocycles. The molecular weight excluding hydrogens is 332 g/mol. The minimum absolute atomic E-state index is 0.269. The molecule has 110 valence electrons. The van der Waals surface area contributed by atoms with Crippen molar-refractivity contribution >= 4 is 33.3 Å². The van der Waals surface area contributed by atoms with E-state index >= 15 is 0 Å². The van der Waals surface area contributed by atoms with Crippen molar-refractivity contribution in [2.75, 3.05) is 17.2 Å². The molecule has 21 heavy (non-hydrogen) atoms. The van der Waals surface area contributed by atoms with Gasteiger partial charge >= 0.3 is 0 Å². The van der Waals surface area contributed by atoms with Crippen LogP contribution in [-0.2, 0) is 0 Å². The summed E-state index contributed by atoms with van der Waals surface area (Å²) in [6, 6.07) is 5.67. The summed E-state index contributed by atoms with van der Waals surface area (Å²) in [6.07, 6.45) is 4.05. The van der Waals surface area contributed by atoms with E-state index in [0.29, 0.717) is 11.5 Å². The number of nitrogens with one attached hydrogen (secondary N) is 2. The molecule has 1 amide bonds. The van der Waals surface area contributed by atoms with Crippen LogP contribution in [0.4, 0.5) is 11.5 Å². The molecular formula is C15H17BrN4O. The van der Waals surface area contributed by atoms with Crippen molar-refractivity contribution in [1.82, 2.24) is 9.97 Å². The lowest BCUT2D eigenvalue weighted by molar-refractivity contribution is 0.102. The fourth-order valence-electron chi connectivity index (χ4n) is 1.74. The van der Waals surface area contributed by atoms with Crippen molar-refractivity contribution in [3.8, 4) is 0 Å². The Balaban J connectivity index is 2.06. The number of nitrogens with zero attached hydrogens (tertiary/aromatic N) is 2. The number of aryl methyl sites for hydroxylation is 1. The van der Waals surface area contributed by atoms with Gasteiger partial charge in [0.25, 0.3) is 5.91 Å². The Morgan fingerprint density at radius 1 is 1.29 bits per heavy atom. The molecule has 0 aliphatic carbocycles. The van der Waals surface area contributed by atoms with Crippen LogP contribution in [0, 0.1) is 6.92 Å². The SMILES string of the molecule is CCCNc1cnc(C(=O)Nc2ccc(Br)cc2C)cn1. The first-order valence-electron chi connectivity index (χ1n) is 6.73. The van der Waals surface area contributed by atoms with Crippen LogP contribution in [0.5, 0.6) is 0 Å². The first kappa shape index (κ1) is 15.4. The molecule has 0 atom stereocenters. The number of benzene rings is 1. The van der Waals surface area contributed by atoms with E-state index in [1.165, 1.54) is 6.20 Å². The normalized spacial score (nSPS) is 10.2. The highest BCUT2D eigenvalue weighted by atomic mass is 79.9. The highest BCUT2D eigenvalue weighted by Gasteiger charge is 2.10. The molecule has 0 saturated heterocycles. The van der Waals surface area contributed by atoms with Crippen LogP contribution in [0.25, 0.3) is 0 Å². The van der Waals surface area contributed by atoms with E-state index in [1.54, 1.807) is 6.20 Å². The average molecular weight is 349 g/mol. The molecule has 0 radical (unpaired) electrons. The Hall–Kier alpha value is -1.95. The van der Waals surface area contributed by atoms with E-state index in [0.717, 1.165) is 28.7 Å². The van der Waals surface area contributed by atoms with Gasteiger partial charge in [0, 0.05) is 16.7 Å². The Kier molecular flexibility index (Phi) is 5.27. The molecule has 1 aromatic carbocycles. The summed E-state index contributed by atoms with van der Waals surface area (Å²) >= 11 is 3.39. The number of anilines is 2. The van der Waals surface area contributed by atoms with Crippen LogP contribution in [0.1, 0.15) is 29.4 Å². The molecule has 0 unspecified atom stereocenters. The third-order valence-corrected chi connectivity index (χ3v) is 3.37. The molecule has 5 nitrogen and oxygen atoms in total. The van der Waals surface area contributed by atoms with Crippen LogP contribution in [0.2, 0.25) is 0 Å². The zero-order valence-corrected chi connectivity index (χ0v) is 13.6. The first-order chi connectivity index (χ1) is 10.1. The maximum atomic E-state index is 12.1. The van der Waals surface area contributed by atoms with E-state index in [4.69, 9.17) is 0 Å². The van der Waals surface area contributed by atoms with Crippen LogP contribution in [-0.4, -0.2) is 22.4 Å². The summed E-state index contributed by atoms with van der Waals surface area (Å²) in [5.41, 5.74) is 2.03. The molecule has 2 rings (SSSR count). The van der Waals surface area contributed by atoms with E-state index in [-0.39, 0.29) is 5.91 Å². The molecule has 0 spiro atoms. The van der Waals surface area contributed by atoms with Crippen molar-refractivity contribution in [2.24, 2.45) is 0 Å². The lowest BCUT2D eigenvalue weighted by atomic mass is 10.2. The number of rotatable bonds is 5. The zero-order valence-electron chi connectivity index (χ0n) is 12.0. The van der Waals surface area contributed by atoms with Gasteiger partial charge in [-0.25, -0.2) is 9.97 Å². The van der Waals surface area contributed by atoms with E-state index in [9.17, 15) is 4.79 Å². The van der Waals surface area contributed by atoms with Crippen LogP contribution >= 0.6 is 15.9 Å². The van der Waals surface area contributed by atoms with Crippen molar-refractivity contribution in [3.63, 3.8) is 0 Å². The molecule has 2 N–H and O–H groups in total. The van der Waals surface area contributed by atoms with E-state index in [2.05, 4.69) is 43.5 Å². The Morgan fingerprint density at radius 2 is 2.10 bits per heavy atom. The smallest absolute Gasteiger partial charge is 0.275 e. The predicted octanol–water partition coefficient (Wildman–Crippen LogP) is 3.62. The van der Waals surface area contributed by atoms with Gasteiger partial charge < -0.3 is 10.6 Å². The number of carbonyl (C=O) groups is 1. The number of amides is 1. The third-order valence-electron chi connectivity index (χ3n) is 2.88. The van der Waals surface area contributed by atoms with Gasteiger partial charge in [0.05, 0.1) is 12.4 Å². The van der Waals surface area contributed by atoms with Crippen molar-refractivity contribution in [2.45, 2.75) is 20.3 Å². The molecule has 0 aliphatic heterocycles. The zero-order chi connectivity index (χ0) is 15.2. The fourth-order valence-corrected chi connectivity index (χ4v) is 2.22. The molecule has 0 bridgehead atoms. The van der Waals surface area contributed by atoms with Gasteiger partial charge in [-0.05, 0) is 37.1 Å². The number of aromatic nitrogens is 2. The van der Waals surface area contributed by atoms with Crippen LogP contribution in [0.3, 0.4) is 0 Å². The summed E-state index contributed by atoms with van der Waals surface area (Å²) in [7, 11) is 0. The molecule has 6 heteroatoms. The lowest BCUT2D eigenvalue weighted by Gasteiger charge is -2.08. The summed E-state index contributed by atoms with van der Waals surface area (Å²) in [5.74, 6) is 0.406. The number of halogens is 1. The molecule has 0 fully saturated rings. The van der Waals surface area contributed by atoms with E-state index < -0.39 is 0 Å². The summed E-state index contributed by atoms with van der Waals surface area (Å²) in [5, 5.41) is 5.95. The van der Waals surface area contributed by atoms with E-state index in [1.807, 2.05) is 25.1 Å². The highest BCUT2D eigenvalue weighted by Crippen LogP contribution is 2.20. The van der Waals surface area contributed by atoms with Crippen molar-refractivity contribution < 1.29 is 4.79 Å². The number of hydrogen-bond acceptors (Lipinski definition) is 4. The molecule has 2 aromatic rings. The average Bonchev–Trinajstić information content (AvgIpc) is 2.48. The van der Waals surface area contributed by atoms with Gasteiger partial charge in [0.1, 0.15) is 11.5 Å². The number of hydrogen-bond donors (Lipinski definition) is 2. The van der Waals surface area contributed by atoms with Gasteiger partial charge in [-0.15, -0.1) is 0 Å². The van der Waals surface area contributed by atoms with Crippen LogP contribution in [0.15, 0.2) is 35.1 Å². The summed E-state index contributed by atoms with van der Waals surface area (Å²) in [4.78, 5) is 20.4. The van der Waals surface area contributed by atoms with Gasteiger partial charge in [0.15, 0.2) is 0 Å². The van der Waals surface area contributed by atoms with Gasteiger partial charge in [-0.1, -0.05) is 22.9 Å². The molecule has 0 aliphatic rings. The van der Waals surface area contributed by atoms with Gasteiger partial charge in [-0.2, -0.15) is 0 Å². The predicted molar refractivity (Wildman–Crippen MR) is 87.6 cm³/mol. The van der Waals surface area contributed by atoms with Crippen molar-refractivity contribution in [1.29, 1.82) is 0 Å². The Bertz CT molecular complexity index is 628. The number of carbonyl (C=O) groups excluding carboxylic acids is 1. The minimum Gasteiger partial charge on any atom is -0.369 e. The fraction of sp³-hybridized carbons (Fsp3) is 0.267. The second-order valence-electron chi connectivity index (χ2n) is 4.63. The lowest BCUT2D eigenvalue weighted by Crippen LogP contribution is -2.15. The molecule has 1 heterocycles. The maximum Gasteiger partial charge on any atom is 0.275 e. The van der Waals surface area contributed by atoms with Crippen LogP contribution < -0.4 is 10.6 Å². The second kappa shape index (κ2) is 7.17. The topological polar surface area (TPSA) is 66.9 Å². The quantitative estimate of drug-likeness (QED) is 0.865. The van der Waals surface area contributed by atoms with Gasteiger partial charge in [0.2, 0.25) is 0 Å². The third kappa shape index (κ3) is 4.26. The molecule has 1 aromatic heterocycles. The van der Waals surface area contributed by atoms with Crippen molar-refractivity contribution in [3.05, 3.63) is 46.3 Å². The highest BCUT2D eigenvalue weighted by molar-refractivity contribution is 9.10.